The highest BCUT2D eigenvalue weighted by atomic mass is 35.5. The van der Waals surface area contributed by atoms with Crippen LogP contribution in [0.3, 0.4) is 0 Å². The van der Waals surface area contributed by atoms with Crippen LogP contribution in [0.15, 0.2) is 47.9 Å². The van der Waals surface area contributed by atoms with Crippen LogP contribution in [0.1, 0.15) is 18.4 Å². The number of anilines is 1. The van der Waals surface area contributed by atoms with Gasteiger partial charge in [0.1, 0.15) is 7.11 Å². The highest BCUT2D eigenvalue weighted by molar-refractivity contribution is 6.42. The average Bonchev–Trinajstić information content (AvgIpc) is 2.55. The molecule has 1 aromatic carbocycles. The zero-order valence-electron chi connectivity index (χ0n) is 12.4. The lowest BCUT2D eigenvalue weighted by Crippen LogP contribution is -2.14. The summed E-state index contributed by atoms with van der Waals surface area (Å²) in [7, 11) is 1.45. The fourth-order valence-electron chi connectivity index (χ4n) is 1.92. The van der Waals surface area contributed by atoms with E-state index in [0.717, 1.165) is 5.56 Å². The molecule has 0 radical (unpaired) electrons. The number of aromatic nitrogens is 1. The summed E-state index contributed by atoms with van der Waals surface area (Å²) in [6.45, 7) is 0. The molecular formula is C16H15Cl2N3O2. The van der Waals surface area contributed by atoms with E-state index in [4.69, 9.17) is 28.0 Å². The molecule has 0 unspecified atom stereocenters. The van der Waals surface area contributed by atoms with Gasteiger partial charge in [0, 0.05) is 36.5 Å². The van der Waals surface area contributed by atoms with Crippen molar-refractivity contribution in [2.75, 3.05) is 12.4 Å². The maximum absolute atomic E-state index is 12.0. The molecule has 7 heteroatoms. The molecule has 0 fully saturated rings. The van der Waals surface area contributed by atoms with Crippen molar-refractivity contribution < 1.29 is 9.63 Å². The van der Waals surface area contributed by atoms with Crippen molar-refractivity contribution in [3.05, 3.63) is 58.3 Å². The zero-order valence-corrected chi connectivity index (χ0v) is 13.9. The Morgan fingerprint density at radius 1 is 1.17 bits per heavy atom. The molecular weight excluding hydrogens is 337 g/mol. The fourth-order valence-corrected chi connectivity index (χ4v) is 2.22. The van der Waals surface area contributed by atoms with Crippen LogP contribution in [0.25, 0.3) is 0 Å². The fraction of sp³-hybridized carbons (Fsp3) is 0.188. The third-order valence-electron chi connectivity index (χ3n) is 3.01. The van der Waals surface area contributed by atoms with Gasteiger partial charge in [0.15, 0.2) is 0 Å². The smallest absolute Gasteiger partial charge is 0.224 e. The van der Waals surface area contributed by atoms with Gasteiger partial charge in [-0.05, 0) is 24.3 Å². The quantitative estimate of drug-likeness (QED) is 0.627. The molecule has 5 nitrogen and oxygen atoms in total. The number of rotatable bonds is 6. The van der Waals surface area contributed by atoms with E-state index >= 15 is 0 Å². The minimum Gasteiger partial charge on any atom is -0.399 e. The van der Waals surface area contributed by atoms with E-state index in [1.807, 2.05) is 0 Å². The molecule has 23 heavy (non-hydrogen) atoms. The first-order chi connectivity index (χ1) is 11.1. The SMILES string of the molecule is CO/N=C(/CCC(=O)Nc1ccncc1)c1ccc(Cl)c(Cl)c1. The van der Waals surface area contributed by atoms with Crippen LogP contribution < -0.4 is 5.32 Å². The van der Waals surface area contributed by atoms with Gasteiger partial charge in [0.05, 0.1) is 15.8 Å². The molecule has 0 aliphatic rings. The molecule has 0 aliphatic carbocycles. The number of hydrogen-bond acceptors (Lipinski definition) is 4. The molecule has 0 aliphatic heterocycles. The Morgan fingerprint density at radius 3 is 2.57 bits per heavy atom. The van der Waals surface area contributed by atoms with Crippen molar-refractivity contribution in [2.45, 2.75) is 12.8 Å². The van der Waals surface area contributed by atoms with E-state index in [2.05, 4.69) is 15.5 Å². The minimum absolute atomic E-state index is 0.125. The largest absolute Gasteiger partial charge is 0.399 e. The number of amides is 1. The van der Waals surface area contributed by atoms with Crippen LogP contribution in [-0.2, 0) is 9.63 Å². The van der Waals surface area contributed by atoms with Gasteiger partial charge in [0.25, 0.3) is 0 Å². The zero-order chi connectivity index (χ0) is 16.7. The molecule has 1 heterocycles. The molecule has 0 saturated carbocycles. The number of hydrogen-bond donors (Lipinski definition) is 1. The third kappa shape index (κ3) is 5.23. The summed E-state index contributed by atoms with van der Waals surface area (Å²) in [5.41, 5.74) is 2.08. The topological polar surface area (TPSA) is 63.6 Å². The molecule has 1 aromatic heterocycles. The molecule has 1 N–H and O–H groups in total. The summed E-state index contributed by atoms with van der Waals surface area (Å²) in [5, 5.41) is 7.64. The Bertz CT molecular complexity index is 706. The van der Waals surface area contributed by atoms with Gasteiger partial charge in [-0.3, -0.25) is 9.78 Å². The highest BCUT2D eigenvalue weighted by Gasteiger charge is 2.11. The number of halogens is 2. The molecule has 0 spiro atoms. The van der Waals surface area contributed by atoms with Gasteiger partial charge in [-0.25, -0.2) is 0 Å². The molecule has 2 rings (SSSR count). The molecule has 1 amide bonds. The molecule has 0 saturated heterocycles. The van der Waals surface area contributed by atoms with Crippen molar-refractivity contribution in [2.24, 2.45) is 5.16 Å². The van der Waals surface area contributed by atoms with E-state index in [1.54, 1.807) is 42.7 Å². The van der Waals surface area contributed by atoms with Gasteiger partial charge in [-0.2, -0.15) is 0 Å². The number of pyridine rings is 1. The minimum atomic E-state index is -0.125. The lowest BCUT2D eigenvalue weighted by molar-refractivity contribution is -0.116. The second-order valence-electron chi connectivity index (χ2n) is 4.63. The summed E-state index contributed by atoms with van der Waals surface area (Å²) in [5.74, 6) is -0.125. The van der Waals surface area contributed by atoms with E-state index in [9.17, 15) is 4.79 Å². The summed E-state index contributed by atoms with van der Waals surface area (Å²) in [4.78, 5) is 20.7. The normalized spacial score (nSPS) is 11.2. The maximum atomic E-state index is 12.0. The number of benzene rings is 1. The van der Waals surface area contributed by atoms with Gasteiger partial charge in [-0.15, -0.1) is 0 Å². The van der Waals surface area contributed by atoms with Crippen molar-refractivity contribution >= 4 is 40.5 Å². The van der Waals surface area contributed by atoms with Gasteiger partial charge >= 0.3 is 0 Å². The Morgan fingerprint density at radius 2 is 1.91 bits per heavy atom. The van der Waals surface area contributed by atoms with Crippen LogP contribution in [0, 0.1) is 0 Å². The molecule has 0 atom stereocenters. The van der Waals surface area contributed by atoms with Crippen LogP contribution >= 0.6 is 23.2 Å². The third-order valence-corrected chi connectivity index (χ3v) is 3.75. The van der Waals surface area contributed by atoms with E-state index < -0.39 is 0 Å². The standard InChI is InChI=1S/C16H15Cl2N3O2/c1-23-21-15(11-2-3-13(17)14(18)10-11)4-5-16(22)20-12-6-8-19-9-7-12/h2-3,6-10H,4-5H2,1H3,(H,19,20,22)/b21-15-. The van der Waals surface area contributed by atoms with Gasteiger partial charge in [0.2, 0.25) is 5.91 Å². The van der Waals surface area contributed by atoms with Crippen LogP contribution in [0.2, 0.25) is 10.0 Å². The van der Waals surface area contributed by atoms with E-state index in [1.165, 1.54) is 7.11 Å². The van der Waals surface area contributed by atoms with Crippen LogP contribution in [0.5, 0.6) is 0 Å². The summed E-state index contributed by atoms with van der Waals surface area (Å²) in [6.07, 6.45) is 3.89. The average molecular weight is 352 g/mol. The lowest BCUT2D eigenvalue weighted by Gasteiger charge is -2.08. The predicted molar refractivity (Wildman–Crippen MR) is 92.1 cm³/mol. The van der Waals surface area contributed by atoms with Crippen molar-refractivity contribution in [3.63, 3.8) is 0 Å². The van der Waals surface area contributed by atoms with Crippen molar-refractivity contribution in [1.82, 2.24) is 4.98 Å². The lowest BCUT2D eigenvalue weighted by atomic mass is 10.1. The van der Waals surface area contributed by atoms with Crippen molar-refractivity contribution in [1.29, 1.82) is 0 Å². The molecule has 0 bridgehead atoms. The highest BCUT2D eigenvalue weighted by Crippen LogP contribution is 2.23. The van der Waals surface area contributed by atoms with Gasteiger partial charge in [-0.1, -0.05) is 34.4 Å². The summed E-state index contributed by atoms with van der Waals surface area (Å²) < 4.78 is 0. The number of oxime groups is 1. The molecule has 120 valence electrons. The van der Waals surface area contributed by atoms with Crippen molar-refractivity contribution in [3.8, 4) is 0 Å². The number of carbonyl (C=O) groups is 1. The first kappa shape index (κ1) is 17.2. The Balaban J connectivity index is 2.01. The second-order valence-corrected chi connectivity index (χ2v) is 5.45. The Labute approximate surface area is 144 Å². The first-order valence-corrected chi connectivity index (χ1v) is 7.61. The van der Waals surface area contributed by atoms with E-state index in [0.29, 0.717) is 27.9 Å². The van der Waals surface area contributed by atoms with Crippen LogP contribution in [0.4, 0.5) is 5.69 Å². The number of carbonyl (C=O) groups excluding carboxylic acids is 1. The monoisotopic (exact) mass is 351 g/mol. The first-order valence-electron chi connectivity index (χ1n) is 6.85. The van der Waals surface area contributed by atoms with E-state index in [-0.39, 0.29) is 12.3 Å². The van der Waals surface area contributed by atoms with Crippen LogP contribution in [-0.4, -0.2) is 23.7 Å². The molecule has 2 aromatic rings. The second kappa shape index (κ2) is 8.50. The number of nitrogens with zero attached hydrogens (tertiary/aromatic N) is 2. The maximum Gasteiger partial charge on any atom is 0.224 e. The number of nitrogens with one attached hydrogen (secondary N) is 1. The summed E-state index contributed by atoms with van der Waals surface area (Å²) in [6, 6.07) is 8.61. The van der Waals surface area contributed by atoms with Gasteiger partial charge < -0.3 is 10.2 Å². The predicted octanol–water partition coefficient (Wildman–Crippen LogP) is 4.16. The Kier molecular flexibility index (Phi) is 6.38. The summed E-state index contributed by atoms with van der Waals surface area (Å²) >= 11 is 11.9. The Hall–Kier alpha value is -2.11.